The standard InChI is InChI=1S/C22H22F2N4O2/c1-30-20-9-6-15(11-18(20)24)22(29)25-17-3-2-10-28(13-17)21-12-19(26-27-21)14-4-7-16(23)8-5-14/h4-9,11-12,17H,2-3,10,13H2,1H3,(H,25,29)(H,26,27)/t17-/m1/s1. The summed E-state index contributed by atoms with van der Waals surface area (Å²) >= 11 is 0. The zero-order valence-corrected chi connectivity index (χ0v) is 16.5. The summed E-state index contributed by atoms with van der Waals surface area (Å²) in [6, 6.07) is 12.2. The number of halogens is 2. The van der Waals surface area contributed by atoms with Gasteiger partial charge < -0.3 is 15.0 Å². The fourth-order valence-corrected chi connectivity index (χ4v) is 3.63. The van der Waals surface area contributed by atoms with E-state index >= 15 is 0 Å². The van der Waals surface area contributed by atoms with Crippen LogP contribution >= 0.6 is 0 Å². The van der Waals surface area contributed by atoms with Gasteiger partial charge in [0.05, 0.1) is 12.8 Å². The van der Waals surface area contributed by atoms with E-state index in [1.165, 1.54) is 31.4 Å². The average molecular weight is 412 g/mol. The highest BCUT2D eigenvalue weighted by Crippen LogP contribution is 2.25. The van der Waals surface area contributed by atoms with Crippen molar-refractivity contribution in [3.8, 4) is 17.0 Å². The van der Waals surface area contributed by atoms with Crippen LogP contribution in [0.4, 0.5) is 14.6 Å². The van der Waals surface area contributed by atoms with Gasteiger partial charge in [0.2, 0.25) is 0 Å². The molecule has 1 fully saturated rings. The summed E-state index contributed by atoms with van der Waals surface area (Å²) in [5, 5.41) is 10.3. The maximum atomic E-state index is 13.9. The lowest BCUT2D eigenvalue weighted by molar-refractivity contribution is 0.0932. The predicted octanol–water partition coefficient (Wildman–Crippen LogP) is 3.76. The zero-order valence-electron chi connectivity index (χ0n) is 16.5. The molecule has 2 N–H and O–H groups in total. The minimum absolute atomic E-state index is 0.0811. The highest BCUT2D eigenvalue weighted by atomic mass is 19.1. The molecule has 156 valence electrons. The summed E-state index contributed by atoms with van der Waals surface area (Å²) < 4.78 is 31.9. The molecule has 8 heteroatoms. The molecule has 1 amide bonds. The number of piperidine rings is 1. The van der Waals surface area contributed by atoms with Crippen LogP contribution in [0.2, 0.25) is 0 Å². The Hall–Kier alpha value is -3.42. The van der Waals surface area contributed by atoms with Crippen LogP contribution in [-0.4, -0.2) is 42.3 Å². The van der Waals surface area contributed by atoms with Crippen molar-refractivity contribution in [3.05, 3.63) is 65.7 Å². The van der Waals surface area contributed by atoms with E-state index in [4.69, 9.17) is 4.74 Å². The number of anilines is 1. The van der Waals surface area contributed by atoms with Crippen molar-refractivity contribution in [2.45, 2.75) is 18.9 Å². The zero-order chi connectivity index (χ0) is 21.1. The number of rotatable bonds is 5. The number of aromatic amines is 1. The van der Waals surface area contributed by atoms with Crippen LogP contribution in [0.25, 0.3) is 11.3 Å². The molecule has 2 heterocycles. The normalized spacial score (nSPS) is 16.4. The molecule has 0 bridgehead atoms. The third kappa shape index (κ3) is 4.27. The van der Waals surface area contributed by atoms with Gasteiger partial charge >= 0.3 is 0 Å². The van der Waals surface area contributed by atoms with Gasteiger partial charge in [0.15, 0.2) is 17.4 Å². The molecular weight excluding hydrogens is 390 g/mol. The number of benzene rings is 2. The number of nitrogens with one attached hydrogen (secondary N) is 2. The molecule has 1 atom stereocenters. The summed E-state index contributed by atoms with van der Waals surface area (Å²) in [7, 11) is 1.38. The Kier molecular flexibility index (Phi) is 5.65. The van der Waals surface area contributed by atoms with Gasteiger partial charge in [0.25, 0.3) is 5.91 Å². The van der Waals surface area contributed by atoms with Crippen LogP contribution in [0.1, 0.15) is 23.2 Å². The van der Waals surface area contributed by atoms with Crippen LogP contribution in [0.15, 0.2) is 48.5 Å². The smallest absolute Gasteiger partial charge is 0.251 e. The topological polar surface area (TPSA) is 70.2 Å². The number of hydrogen-bond acceptors (Lipinski definition) is 4. The first kappa shape index (κ1) is 19.9. The van der Waals surface area contributed by atoms with Gasteiger partial charge in [-0.05, 0) is 60.9 Å². The van der Waals surface area contributed by atoms with Gasteiger partial charge in [-0.25, -0.2) is 8.78 Å². The number of nitrogens with zero attached hydrogens (tertiary/aromatic N) is 2. The molecule has 0 saturated carbocycles. The van der Waals surface area contributed by atoms with E-state index in [-0.39, 0.29) is 29.1 Å². The molecule has 1 aliphatic heterocycles. The van der Waals surface area contributed by atoms with E-state index in [0.29, 0.717) is 6.54 Å². The average Bonchev–Trinajstić information content (AvgIpc) is 3.25. The third-order valence-corrected chi connectivity index (χ3v) is 5.21. The minimum Gasteiger partial charge on any atom is -0.494 e. The monoisotopic (exact) mass is 412 g/mol. The van der Waals surface area contributed by atoms with Gasteiger partial charge in [-0.15, -0.1) is 0 Å². The highest BCUT2D eigenvalue weighted by Gasteiger charge is 2.24. The number of methoxy groups -OCH3 is 1. The number of carbonyl (C=O) groups excluding carboxylic acids is 1. The van der Waals surface area contributed by atoms with Crippen LogP contribution in [-0.2, 0) is 0 Å². The molecule has 0 unspecified atom stereocenters. The Bertz CT molecular complexity index is 1040. The molecule has 0 aliphatic carbocycles. The largest absolute Gasteiger partial charge is 0.494 e. The van der Waals surface area contributed by atoms with Gasteiger partial charge in [-0.2, -0.15) is 5.10 Å². The van der Waals surface area contributed by atoms with E-state index in [9.17, 15) is 13.6 Å². The van der Waals surface area contributed by atoms with E-state index in [1.54, 1.807) is 18.2 Å². The lowest BCUT2D eigenvalue weighted by Crippen LogP contribution is -2.48. The fraction of sp³-hybridized carbons (Fsp3) is 0.273. The van der Waals surface area contributed by atoms with Crippen molar-refractivity contribution in [1.29, 1.82) is 0 Å². The maximum absolute atomic E-state index is 13.9. The first-order chi connectivity index (χ1) is 14.5. The molecule has 2 aromatic carbocycles. The third-order valence-electron chi connectivity index (χ3n) is 5.21. The molecule has 30 heavy (non-hydrogen) atoms. The van der Waals surface area contributed by atoms with Crippen LogP contribution in [0, 0.1) is 11.6 Å². The first-order valence-corrected chi connectivity index (χ1v) is 9.74. The minimum atomic E-state index is -0.569. The van der Waals surface area contributed by atoms with Crippen LogP contribution in [0.3, 0.4) is 0 Å². The van der Waals surface area contributed by atoms with Crippen molar-refractivity contribution < 1.29 is 18.3 Å². The van der Waals surface area contributed by atoms with Crippen molar-refractivity contribution >= 4 is 11.7 Å². The number of carbonyl (C=O) groups is 1. The van der Waals surface area contributed by atoms with Crippen molar-refractivity contribution in [3.63, 3.8) is 0 Å². The molecule has 4 rings (SSSR count). The quantitative estimate of drug-likeness (QED) is 0.670. The van der Waals surface area contributed by atoms with Crippen molar-refractivity contribution in [2.24, 2.45) is 0 Å². The second kappa shape index (κ2) is 8.52. The van der Waals surface area contributed by atoms with Gasteiger partial charge in [0.1, 0.15) is 5.82 Å². The van der Waals surface area contributed by atoms with Gasteiger partial charge in [-0.3, -0.25) is 9.89 Å². The Morgan fingerprint density at radius 3 is 2.73 bits per heavy atom. The van der Waals surface area contributed by atoms with Crippen LogP contribution in [0.5, 0.6) is 5.75 Å². The SMILES string of the molecule is COc1ccc(C(=O)N[C@@H]2CCCN(c3cc(-c4ccc(F)cc4)[nH]n3)C2)cc1F. The summed E-state index contributed by atoms with van der Waals surface area (Å²) in [4.78, 5) is 14.6. The Labute approximate surface area is 172 Å². The number of ether oxygens (including phenoxy) is 1. The summed E-state index contributed by atoms with van der Waals surface area (Å²) in [6.45, 7) is 1.41. The highest BCUT2D eigenvalue weighted by molar-refractivity contribution is 5.94. The molecule has 3 aromatic rings. The van der Waals surface area contributed by atoms with Gasteiger partial charge in [0, 0.05) is 30.8 Å². The molecular formula is C22H22F2N4O2. The second-order valence-electron chi connectivity index (χ2n) is 7.25. The van der Waals surface area contributed by atoms with E-state index in [2.05, 4.69) is 20.4 Å². The summed E-state index contributed by atoms with van der Waals surface area (Å²) in [5.74, 6) is -0.308. The van der Waals surface area contributed by atoms with Crippen molar-refractivity contribution in [1.82, 2.24) is 15.5 Å². The number of aromatic nitrogens is 2. The van der Waals surface area contributed by atoms with E-state index in [1.807, 2.05) is 6.07 Å². The number of H-pyrrole nitrogens is 1. The Morgan fingerprint density at radius 2 is 2.00 bits per heavy atom. The predicted molar refractivity (Wildman–Crippen MR) is 110 cm³/mol. The van der Waals surface area contributed by atoms with E-state index < -0.39 is 5.82 Å². The Morgan fingerprint density at radius 1 is 1.20 bits per heavy atom. The fourth-order valence-electron chi connectivity index (χ4n) is 3.63. The number of hydrogen-bond donors (Lipinski definition) is 2. The molecule has 1 aliphatic rings. The molecule has 1 saturated heterocycles. The van der Waals surface area contributed by atoms with Crippen molar-refractivity contribution in [2.75, 3.05) is 25.1 Å². The molecule has 6 nitrogen and oxygen atoms in total. The lowest BCUT2D eigenvalue weighted by Gasteiger charge is -2.33. The second-order valence-corrected chi connectivity index (χ2v) is 7.25. The maximum Gasteiger partial charge on any atom is 0.251 e. The number of amides is 1. The summed E-state index contributed by atoms with van der Waals surface area (Å²) in [5.41, 5.74) is 1.90. The van der Waals surface area contributed by atoms with Crippen LogP contribution < -0.4 is 15.0 Å². The first-order valence-electron chi connectivity index (χ1n) is 9.74. The molecule has 1 aromatic heterocycles. The van der Waals surface area contributed by atoms with Gasteiger partial charge in [-0.1, -0.05) is 0 Å². The molecule has 0 radical (unpaired) electrons. The molecule has 0 spiro atoms. The van der Waals surface area contributed by atoms with E-state index in [0.717, 1.165) is 36.5 Å². The Balaban J connectivity index is 1.41. The lowest BCUT2D eigenvalue weighted by atomic mass is 10.0. The summed E-state index contributed by atoms with van der Waals surface area (Å²) in [6.07, 6.45) is 1.72.